The van der Waals surface area contributed by atoms with E-state index in [1.54, 1.807) is 4.90 Å². The van der Waals surface area contributed by atoms with Gasteiger partial charge in [-0.05, 0) is 13.3 Å². The van der Waals surface area contributed by atoms with Crippen LogP contribution in [-0.2, 0) is 14.3 Å². The van der Waals surface area contributed by atoms with Crippen LogP contribution in [0.15, 0.2) is 12.2 Å². The van der Waals surface area contributed by atoms with Gasteiger partial charge in [-0.3, -0.25) is 4.79 Å². The first kappa shape index (κ1) is 13.4. The number of ether oxygens (including phenoxy) is 2. The van der Waals surface area contributed by atoms with Crippen molar-refractivity contribution in [1.29, 1.82) is 0 Å². The van der Waals surface area contributed by atoms with Gasteiger partial charge in [-0.2, -0.15) is 8.78 Å². The molecule has 2 saturated heterocycles. The van der Waals surface area contributed by atoms with Crippen LogP contribution in [0, 0.1) is 5.92 Å². The van der Waals surface area contributed by atoms with Crippen molar-refractivity contribution in [3.63, 3.8) is 0 Å². The molecule has 18 heavy (non-hydrogen) atoms. The standard InChI is InChI=1S/C12H17F2NO3/c1-7(2)10-9(3-4-17-10)11(16)15-5-8(6-15)18-12(13)14/h8-10,12H,1,3-6H2,2H3/t9-,10-/m0/s1. The van der Waals surface area contributed by atoms with Gasteiger partial charge in [-0.25, -0.2) is 0 Å². The van der Waals surface area contributed by atoms with Crippen molar-refractivity contribution in [3.05, 3.63) is 12.2 Å². The molecule has 0 aliphatic carbocycles. The Balaban J connectivity index is 1.84. The van der Waals surface area contributed by atoms with Gasteiger partial charge >= 0.3 is 6.61 Å². The number of nitrogens with zero attached hydrogens (tertiary/aromatic N) is 1. The topological polar surface area (TPSA) is 38.8 Å². The zero-order chi connectivity index (χ0) is 13.3. The van der Waals surface area contributed by atoms with Crippen LogP contribution in [-0.4, -0.2) is 49.3 Å². The summed E-state index contributed by atoms with van der Waals surface area (Å²) in [5.74, 6) is -0.274. The maximum absolute atomic E-state index is 12.1. The number of amides is 1. The van der Waals surface area contributed by atoms with Crippen LogP contribution >= 0.6 is 0 Å². The molecule has 2 fully saturated rings. The van der Waals surface area contributed by atoms with Crippen molar-refractivity contribution in [2.24, 2.45) is 5.92 Å². The van der Waals surface area contributed by atoms with Crippen LogP contribution in [0.5, 0.6) is 0 Å². The zero-order valence-corrected chi connectivity index (χ0v) is 10.3. The fourth-order valence-electron chi connectivity index (χ4n) is 2.41. The van der Waals surface area contributed by atoms with E-state index in [1.807, 2.05) is 6.92 Å². The van der Waals surface area contributed by atoms with Crippen molar-refractivity contribution < 1.29 is 23.0 Å². The Kier molecular flexibility index (Phi) is 3.97. The fourth-order valence-corrected chi connectivity index (χ4v) is 2.41. The average Bonchev–Trinajstić information content (AvgIpc) is 2.70. The maximum Gasteiger partial charge on any atom is 0.345 e. The molecule has 2 atom stereocenters. The zero-order valence-electron chi connectivity index (χ0n) is 10.3. The molecular weight excluding hydrogens is 244 g/mol. The molecule has 6 heteroatoms. The summed E-state index contributed by atoms with van der Waals surface area (Å²) < 4.78 is 33.7. The monoisotopic (exact) mass is 261 g/mol. The largest absolute Gasteiger partial charge is 0.373 e. The third-order valence-electron chi connectivity index (χ3n) is 3.35. The van der Waals surface area contributed by atoms with Gasteiger partial charge < -0.3 is 14.4 Å². The molecule has 0 N–H and O–H groups in total. The van der Waals surface area contributed by atoms with Gasteiger partial charge in [0.05, 0.1) is 18.1 Å². The molecule has 0 radical (unpaired) electrons. The van der Waals surface area contributed by atoms with Crippen LogP contribution in [0.25, 0.3) is 0 Å². The minimum atomic E-state index is -2.77. The Morgan fingerprint density at radius 2 is 2.17 bits per heavy atom. The first-order valence-electron chi connectivity index (χ1n) is 5.98. The van der Waals surface area contributed by atoms with E-state index in [2.05, 4.69) is 11.3 Å². The summed E-state index contributed by atoms with van der Waals surface area (Å²) in [5, 5.41) is 0. The van der Waals surface area contributed by atoms with E-state index in [4.69, 9.17) is 4.74 Å². The van der Waals surface area contributed by atoms with Crippen molar-refractivity contribution in [3.8, 4) is 0 Å². The predicted molar refractivity (Wildman–Crippen MR) is 60.1 cm³/mol. The van der Waals surface area contributed by atoms with Crippen molar-refractivity contribution in [1.82, 2.24) is 4.90 Å². The Morgan fingerprint density at radius 3 is 2.72 bits per heavy atom. The molecule has 2 heterocycles. The number of hydrogen-bond donors (Lipinski definition) is 0. The highest BCUT2D eigenvalue weighted by molar-refractivity contribution is 5.81. The van der Waals surface area contributed by atoms with Crippen LogP contribution in [0.2, 0.25) is 0 Å². The summed E-state index contributed by atoms with van der Waals surface area (Å²) in [5.41, 5.74) is 0.826. The van der Waals surface area contributed by atoms with Crippen LogP contribution in [0.3, 0.4) is 0 Å². The van der Waals surface area contributed by atoms with Gasteiger partial charge in [0.15, 0.2) is 0 Å². The summed E-state index contributed by atoms with van der Waals surface area (Å²) in [6.07, 6.45) is -0.125. The number of rotatable bonds is 4. The molecule has 4 nitrogen and oxygen atoms in total. The Morgan fingerprint density at radius 1 is 1.50 bits per heavy atom. The highest BCUT2D eigenvalue weighted by Gasteiger charge is 2.41. The summed E-state index contributed by atoms with van der Waals surface area (Å²) in [4.78, 5) is 13.7. The number of carbonyl (C=O) groups excluding carboxylic acids is 1. The fraction of sp³-hybridized carbons (Fsp3) is 0.750. The lowest BCUT2D eigenvalue weighted by atomic mass is 9.94. The molecule has 0 saturated carbocycles. The molecule has 0 unspecified atom stereocenters. The van der Waals surface area contributed by atoms with E-state index in [9.17, 15) is 13.6 Å². The highest BCUT2D eigenvalue weighted by atomic mass is 19.3. The second-order valence-corrected chi connectivity index (χ2v) is 4.79. The second kappa shape index (κ2) is 5.32. The normalized spacial score (nSPS) is 28.6. The summed E-state index contributed by atoms with van der Waals surface area (Å²) in [6.45, 7) is 3.88. The van der Waals surface area contributed by atoms with Gasteiger partial charge in [0, 0.05) is 19.7 Å². The van der Waals surface area contributed by atoms with E-state index in [0.717, 1.165) is 5.57 Å². The lowest BCUT2D eigenvalue weighted by Crippen LogP contribution is -2.57. The van der Waals surface area contributed by atoms with Crippen molar-refractivity contribution in [2.45, 2.75) is 32.2 Å². The second-order valence-electron chi connectivity index (χ2n) is 4.79. The molecular formula is C12H17F2NO3. The van der Waals surface area contributed by atoms with Crippen molar-refractivity contribution >= 4 is 5.91 Å². The van der Waals surface area contributed by atoms with Gasteiger partial charge in [0.25, 0.3) is 0 Å². The molecule has 2 aliphatic heterocycles. The quantitative estimate of drug-likeness (QED) is 0.718. The molecule has 102 valence electrons. The molecule has 0 bridgehead atoms. The SMILES string of the molecule is C=C(C)[C@@H]1OCC[C@@H]1C(=O)N1CC(OC(F)F)C1. The van der Waals surface area contributed by atoms with E-state index in [1.165, 1.54) is 0 Å². The number of likely N-dealkylation sites (tertiary alicyclic amines) is 1. The Labute approximate surface area is 105 Å². The first-order chi connectivity index (χ1) is 8.49. The number of alkyl halides is 2. The molecule has 0 aromatic rings. The summed E-state index contributed by atoms with van der Waals surface area (Å²) >= 11 is 0. The summed E-state index contributed by atoms with van der Waals surface area (Å²) in [6, 6.07) is 0. The average molecular weight is 261 g/mol. The third-order valence-corrected chi connectivity index (χ3v) is 3.35. The van der Waals surface area contributed by atoms with E-state index in [0.29, 0.717) is 13.0 Å². The van der Waals surface area contributed by atoms with Gasteiger partial charge in [-0.1, -0.05) is 12.2 Å². The van der Waals surface area contributed by atoms with E-state index < -0.39 is 12.7 Å². The van der Waals surface area contributed by atoms with Gasteiger partial charge in [0.2, 0.25) is 5.91 Å². The van der Waals surface area contributed by atoms with E-state index in [-0.39, 0.29) is 31.0 Å². The van der Waals surface area contributed by atoms with Gasteiger partial charge in [0.1, 0.15) is 0 Å². The Bertz CT molecular complexity index is 342. The number of halogens is 2. The smallest absolute Gasteiger partial charge is 0.345 e. The molecule has 2 aliphatic rings. The summed E-state index contributed by atoms with van der Waals surface area (Å²) in [7, 11) is 0. The number of carbonyl (C=O) groups is 1. The highest BCUT2D eigenvalue weighted by Crippen LogP contribution is 2.29. The molecule has 1 amide bonds. The molecule has 0 aromatic carbocycles. The third kappa shape index (κ3) is 2.70. The molecule has 2 rings (SSSR count). The first-order valence-corrected chi connectivity index (χ1v) is 5.98. The number of hydrogen-bond acceptors (Lipinski definition) is 3. The maximum atomic E-state index is 12.1. The lowest BCUT2D eigenvalue weighted by molar-refractivity contribution is -0.200. The van der Waals surface area contributed by atoms with Crippen molar-refractivity contribution in [2.75, 3.05) is 19.7 Å². The van der Waals surface area contributed by atoms with Gasteiger partial charge in [-0.15, -0.1) is 0 Å². The minimum Gasteiger partial charge on any atom is -0.373 e. The molecule has 0 spiro atoms. The van der Waals surface area contributed by atoms with Crippen LogP contribution < -0.4 is 0 Å². The minimum absolute atomic E-state index is 0.0467. The Hall–Kier alpha value is -1.01. The van der Waals surface area contributed by atoms with Crippen LogP contribution in [0.4, 0.5) is 8.78 Å². The van der Waals surface area contributed by atoms with Crippen LogP contribution in [0.1, 0.15) is 13.3 Å². The predicted octanol–water partition coefficient (Wildman–Crippen LogP) is 1.42. The molecule has 0 aromatic heterocycles. The van der Waals surface area contributed by atoms with E-state index >= 15 is 0 Å². The lowest BCUT2D eigenvalue weighted by Gasteiger charge is -2.40.